The van der Waals surface area contributed by atoms with Crippen molar-refractivity contribution in [3.8, 4) is 0 Å². The first-order valence-electron chi connectivity index (χ1n) is 9.79. The van der Waals surface area contributed by atoms with Gasteiger partial charge in [-0.15, -0.1) is 0 Å². The first-order chi connectivity index (χ1) is 14.6. The lowest BCUT2D eigenvalue weighted by molar-refractivity contribution is -0.148. The molecule has 6 nitrogen and oxygen atoms in total. The summed E-state index contributed by atoms with van der Waals surface area (Å²) in [5.41, 5.74) is 2.06. The zero-order valence-electron chi connectivity index (χ0n) is 16.6. The molecule has 7 heteroatoms. The second kappa shape index (κ2) is 8.81. The summed E-state index contributed by atoms with van der Waals surface area (Å²) in [6.45, 7) is 2.13. The molecule has 3 aromatic rings. The van der Waals surface area contributed by atoms with Crippen LogP contribution in [0.3, 0.4) is 0 Å². The van der Waals surface area contributed by atoms with Gasteiger partial charge in [0.2, 0.25) is 0 Å². The first-order valence-corrected chi connectivity index (χ1v) is 10.2. The fourth-order valence-corrected chi connectivity index (χ4v) is 3.91. The Kier molecular flexibility index (Phi) is 5.97. The highest BCUT2D eigenvalue weighted by Gasteiger charge is 2.32. The van der Waals surface area contributed by atoms with Crippen molar-refractivity contribution in [2.45, 2.75) is 6.04 Å². The Labute approximate surface area is 180 Å². The number of benzene rings is 2. The van der Waals surface area contributed by atoms with Crippen molar-refractivity contribution < 1.29 is 14.3 Å². The molecule has 0 bridgehead atoms. The van der Waals surface area contributed by atoms with E-state index in [0.29, 0.717) is 36.9 Å². The SMILES string of the molecule is COC(=O)C(c1ccc(Cl)cc1)N1CCN(C(=O)c2ccc3ccccc3n2)CC1. The number of hydrogen-bond donors (Lipinski definition) is 0. The number of para-hydroxylation sites is 1. The molecule has 2 aromatic carbocycles. The van der Waals surface area contributed by atoms with Gasteiger partial charge in [-0.1, -0.05) is 48.0 Å². The molecule has 0 radical (unpaired) electrons. The molecule has 1 aliphatic heterocycles. The van der Waals surface area contributed by atoms with Crippen molar-refractivity contribution >= 4 is 34.4 Å². The third-order valence-electron chi connectivity index (χ3n) is 5.39. The number of rotatable bonds is 4. The van der Waals surface area contributed by atoms with Gasteiger partial charge in [-0.25, -0.2) is 9.78 Å². The second-order valence-electron chi connectivity index (χ2n) is 7.19. The molecule has 1 unspecified atom stereocenters. The van der Waals surface area contributed by atoms with Crippen LogP contribution in [-0.4, -0.2) is 59.9 Å². The fraction of sp³-hybridized carbons (Fsp3) is 0.261. The molecule has 1 saturated heterocycles. The molecular formula is C23H22ClN3O3. The maximum Gasteiger partial charge on any atom is 0.327 e. The van der Waals surface area contributed by atoms with Crippen LogP contribution in [0.1, 0.15) is 22.1 Å². The van der Waals surface area contributed by atoms with Crippen molar-refractivity contribution in [2.75, 3.05) is 33.3 Å². The van der Waals surface area contributed by atoms with E-state index in [-0.39, 0.29) is 11.9 Å². The lowest BCUT2D eigenvalue weighted by Crippen LogP contribution is -2.51. The summed E-state index contributed by atoms with van der Waals surface area (Å²) < 4.78 is 5.03. The standard InChI is InChI=1S/C23H22ClN3O3/c1-30-23(29)21(17-6-9-18(24)10-7-17)26-12-14-27(15-13-26)22(28)20-11-8-16-4-2-3-5-19(16)25-20/h2-11,21H,12-15H2,1H3. The molecule has 2 heterocycles. The van der Waals surface area contributed by atoms with E-state index in [1.807, 2.05) is 47.4 Å². The van der Waals surface area contributed by atoms with E-state index < -0.39 is 6.04 Å². The van der Waals surface area contributed by atoms with Gasteiger partial charge in [0.1, 0.15) is 11.7 Å². The predicted octanol–water partition coefficient (Wildman–Crippen LogP) is 3.56. The minimum Gasteiger partial charge on any atom is -0.468 e. The van der Waals surface area contributed by atoms with Crippen molar-refractivity contribution in [1.82, 2.24) is 14.8 Å². The van der Waals surface area contributed by atoms with E-state index in [1.54, 1.807) is 23.1 Å². The van der Waals surface area contributed by atoms with Gasteiger partial charge < -0.3 is 9.64 Å². The fourth-order valence-electron chi connectivity index (χ4n) is 3.78. The topological polar surface area (TPSA) is 62.7 Å². The minimum atomic E-state index is -0.525. The Bertz CT molecular complexity index is 1060. The lowest BCUT2D eigenvalue weighted by atomic mass is 10.0. The summed E-state index contributed by atoms with van der Waals surface area (Å²) in [5.74, 6) is -0.421. The van der Waals surface area contributed by atoms with Gasteiger partial charge in [-0.3, -0.25) is 9.69 Å². The van der Waals surface area contributed by atoms with E-state index in [4.69, 9.17) is 16.3 Å². The van der Waals surface area contributed by atoms with Crippen LogP contribution in [0.5, 0.6) is 0 Å². The zero-order valence-corrected chi connectivity index (χ0v) is 17.4. The molecule has 0 spiro atoms. The van der Waals surface area contributed by atoms with Crippen LogP contribution in [0.15, 0.2) is 60.7 Å². The van der Waals surface area contributed by atoms with Crippen LogP contribution in [0, 0.1) is 0 Å². The summed E-state index contributed by atoms with van der Waals surface area (Å²) in [6, 6.07) is 18.1. The number of ether oxygens (including phenoxy) is 1. The number of fused-ring (bicyclic) bond motifs is 1. The average Bonchev–Trinajstić information content (AvgIpc) is 2.80. The molecule has 0 aliphatic carbocycles. The van der Waals surface area contributed by atoms with Gasteiger partial charge in [0.25, 0.3) is 5.91 Å². The van der Waals surface area contributed by atoms with Crippen molar-refractivity contribution in [1.29, 1.82) is 0 Å². The number of carbonyl (C=O) groups is 2. The van der Waals surface area contributed by atoms with Gasteiger partial charge in [0.15, 0.2) is 0 Å². The van der Waals surface area contributed by atoms with E-state index >= 15 is 0 Å². The molecule has 1 atom stereocenters. The lowest BCUT2D eigenvalue weighted by Gasteiger charge is -2.38. The highest BCUT2D eigenvalue weighted by molar-refractivity contribution is 6.30. The number of piperazine rings is 1. The van der Waals surface area contributed by atoms with E-state index in [2.05, 4.69) is 4.98 Å². The van der Waals surface area contributed by atoms with Crippen molar-refractivity contribution in [3.63, 3.8) is 0 Å². The third-order valence-corrected chi connectivity index (χ3v) is 5.65. The maximum absolute atomic E-state index is 13.0. The van der Waals surface area contributed by atoms with Crippen molar-refractivity contribution in [2.24, 2.45) is 0 Å². The number of nitrogens with zero attached hydrogens (tertiary/aromatic N) is 3. The predicted molar refractivity (Wildman–Crippen MR) is 115 cm³/mol. The number of halogens is 1. The molecule has 1 aromatic heterocycles. The Balaban J connectivity index is 1.47. The maximum atomic E-state index is 13.0. The Morgan fingerprint density at radius 3 is 2.37 bits per heavy atom. The van der Waals surface area contributed by atoms with Crippen LogP contribution < -0.4 is 0 Å². The molecule has 0 N–H and O–H groups in total. The summed E-state index contributed by atoms with van der Waals surface area (Å²) in [4.78, 5) is 33.8. The quantitative estimate of drug-likeness (QED) is 0.600. The van der Waals surface area contributed by atoms with Gasteiger partial charge in [0.05, 0.1) is 12.6 Å². The Morgan fingerprint density at radius 2 is 1.67 bits per heavy atom. The van der Waals surface area contributed by atoms with Gasteiger partial charge in [-0.2, -0.15) is 0 Å². The number of carbonyl (C=O) groups excluding carboxylic acids is 2. The zero-order chi connectivity index (χ0) is 21.1. The highest BCUT2D eigenvalue weighted by Crippen LogP contribution is 2.25. The Morgan fingerprint density at radius 1 is 0.967 bits per heavy atom. The van der Waals surface area contributed by atoms with Crippen LogP contribution in [-0.2, 0) is 9.53 Å². The Hall–Kier alpha value is -2.96. The number of pyridine rings is 1. The highest BCUT2D eigenvalue weighted by atomic mass is 35.5. The number of hydrogen-bond acceptors (Lipinski definition) is 5. The number of amides is 1. The molecule has 4 rings (SSSR count). The molecule has 1 aliphatic rings. The van der Waals surface area contributed by atoms with Crippen molar-refractivity contribution in [3.05, 3.63) is 76.9 Å². The molecule has 154 valence electrons. The average molecular weight is 424 g/mol. The number of methoxy groups -OCH3 is 1. The summed E-state index contributed by atoms with van der Waals surface area (Å²) in [7, 11) is 1.39. The largest absolute Gasteiger partial charge is 0.468 e. The van der Waals surface area contributed by atoms with Crippen LogP contribution in [0.4, 0.5) is 0 Å². The molecule has 0 saturated carbocycles. The number of aromatic nitrogens is 1. The first kappa shape index (κ1) is 20.3. The normalized spacial score (nSPS) is 15.7. The summed E-state index contributed by atoms with van der Waals surface area (Å²) >= 11 is 5.98. The van der Waals surface area contributed by atoms with Crippen LogP contribution in [0.25, 0.3) is 10.9 Å². The molecule has 30 heavy (non-hydrogen) atoms. The van der Waals surface area contributed by atoms with Crippen LogP contribution >= 0.6 is 11.6 Å². The minimum absolute atomic E-state index is 0.0958. The van der Waals surface area contributed by atoms with Gasteiger partial charge in [-0.05, 0) is 29.8 Å². The van der Waals surface area contributed by atoms with E-state index in [9.17, 15) is 9.59 Å². The van der Waals surface area contributed by atoms with Crippen LogP contribution in [0.2, 0.25) is 5.02 Å². The van der Waals surface area contributed by atoms with E-state index in [0.717, 1.165) is 16.5 Å². The third kappa shape index (κ3) is 4.15. The smallest absolute Gasteiger partial charge is 0.327 e. The second-order valence-corrected chi connectivity index (χ2v) is 7.63. The summed E-state index contributed by atoms with van der Waals surface area (Å²) in [6.07, 6.45) is 0. The van der Waals surface area contributed by atoms with Gasteiger partial charge in [0, 0.05) is 36.6 Å². The molecule has 1 fully saturated rings. The summed E-state index contributed by atoms with van der Waals surface area (Å²) in [5, 5.41) is 1.61. The van der Waals surface area contributed by atoms with E-state index in [1.165, 1.54) is 7.11 Å². The number of esters is 1. The monoisotopic (exact) mass is 423 g/mol. The van der Waals surface area contributed by atoms with Gasteiger partial charge >= 0.3 is 5.97 Å². The molecule has 1 amide bonds. The molecular weight excluding hydrogens is 402 g/mol.